The van der Waals surface area contributed by atoms with Gasteiger partial charge in [-0.05, 0) is 36.6 Å². The fourth-order valence-electron chi connectivity index (χ4n) is 2.29. The number of nitrogens with one attached hydrogen (secondary N) is 2. The van der Waals surface area contributed by atoms with E-state index in [9.17, 15) is 24.1 Å². The highest BCUT2D eigenvalue weighted by Crippen LogP contribution is 2.15. The Morgan fingerprint density at radius 2 is 1.96 bits per heavy atom. The van der Waals surface area contributed by atoms with Gasteiger partial charge in [0.05, 0.1) is 10.6 Å². The molecule has 7 nitrogen and oxygen atoms in total. The molecule has 27 heavy (non-hydrogen) atoms. The normalized spacial score (nSPS) is 11.5. The van der Waals surface area contributed by atoms with E-state index < -0.39 is 28.6 Å². The van der Waals surface area contributed by atoms with Crippen molar-refractivity contribution in [2.75, 3.05) is 17.3 Å². The number of hydrogen-bond donors (Lipinski definition) is 2. The van der Waals surface area contributed by atoms with Crippen molar-refractivity contribution in [3.63, 3.8) is 0 Å². The van der Waals surface area contributed by atoms with Crippen LogP contribution in [0, 0.1) is 15.9 Å². The molecule has 0 aliphatic heterocycles. The number of benzene rings is 2. The molecule has 0 radical (unpaired) electrons. The van der Waals surface area contributed by atoms with Crippen LogP contribution in [0.5, 0.6) is 0 Å². The number of halogens is 1. The molecule has 0 bridgehead atoms. The molecule has 0 saturated carbocycles. The van der Waals surface area contributed by atoms with E-state index >= 15 is 0 Å². The molecule has 2 rings (SSSR count). The third-order valence-electron chi connectivity index (χ3n) is 3.68. The average molecular weight is 391 g/mol. The maximum absolute atomic E-state index is 13.7. The number of thioether (sulfide) groups is 1. The number of anilines is 1. The Kier molecular flexibility index (Phi) is 7.30. The zero-order chi connectivity index (χ0) is 19.8. The van der Waals surface area contributed by atoms with Crippen molar-refractivity contribution in [1.82, 2.24) is 5.32 Å². The third-order valence-corrected chi connectivity index (χ3v) is 4.33. The number of hydrogen-bond acceptors (Lipinski definition) is 5. The van der Waals surface area contributed by atoms with Gasteiger partial charge in [0.2, 0.25) is 5.91 Å². The summed E-state index contributed by atoms with van der Waals surface area (Å²) in [6.07, 6.45) is 2.18. The number of nitrogens with zero attached hydrogens (tertiary/aromatic N) is 1. The van der Waals surface area contributed by atoms with Crippen LogP contribution in [0.4, 0.5) is 15.8 Å². The standard InChI is InChI=1S/C18H18FN3O4S/c1-27-10-9-16(18(24)20-15-8-3-2-7-14(15)19)21-17(23)12-5-4-6-13(11-12)22(25)26/h2-8,11,16H,9-10H2,1H3,(H,20,24)(H,21,23). The molecule has 0 aliphatic rings. The molecule has 2 aromatic carbocycles. The van der Waals surface area contributed by atoms with Crippen molar-refractivity contribution in [3.05, 3.63) is 70.0 Å². The van der Waals surface area contributed by atoms with Crippen molar-refractivity contribution in [2.45, 2.75) is 12.5 Å². The fraction of sp³-hybridized carbons (Fsp3) is 0.222. The number of nitro benzene ring substituents is 1. The zero-order valence-electron chi connectivity index (χ0n) is 14.5. The van der Waals surface area contributed by atoms with Gasteiger partial charge in [-0.3, -0.25) is 19.7 Å². The largest absolute Gasteiger partial charge is 0.340 e. The monoisotopic (exact) mass is 391 g/mol. The van der Waals surface area contributed by atoms with Gasteiger partial charge in [-0.2, -0.15) is 11.8 Å². The van der Waals surface area contributed by atoms with Crippen LogP contribution >= 0.6 is 11.8 Å². The lowest BCUT2D eigenvalue weighted by Gasteiger charge is -2.18. The lowest BCUT2D eigenvalue weighted by Crippen LogP contribution is -2.44. The van der Waals surface area contributed by atoms with Crippen LogP contribution in [0.25, 0.3) is 0 Å². The van der Waals surface area contributed by atoms with Gasteiger partial charge in [-0.15, -0.1) is 0 Å². The van der Waals surface area contributed by atoms with Gasteiger partial charge in [0.1, 0.15) is 11.9 Å². The fourth-order valence-corrected chi connectivity index (χ4v) is 2.76. The van der Waals surface area contributed by atoms with E-state index in [0.717, 1.165) is 6.07 Å². The third kappa shape index (κ3) is 5.78. The van der Waals surface area contributed by atoms with Crippen molar-refractivity contribution in [2.24, 2.45) is 0 Å². The van der Waals surface area contributed by atoms with Gasteiger partial charge in [-0.25, -0.2) is 4.39 Å². The van der Waals surface area contributed by atoms with Crippen molar-refractivity contribution >= 4 is 35.0 Å². The van der Waals surface area contributed by atoms with Gasteiger partial charge in [-0.1, -0.05) is 18.2 Å². The van der Waals surface area contributed by atoms with E-state index in [0.29, 0.717) is 12.2 Å². The summed E-state index contributed by atoms with van der Waals surface area (Å²) < 4.78 is 13.7. The molecule has 2 amide bonds. The van der Waals surface area contributed by atoms with Crippen LogP contribution in [-0.4, -0.2) is 34.8 Å². The summed E-state index contributed by atoms with van der Waals surface area (Å²) in [5.41, 5.74) is -0.141. The number of carbonyl (C=O) groups is 2. The molecule has 0 fully saturated rings. The molecule has 0 spiro atoms. The van der Waals surface area contributed by atoms with E-state index in [1.165, 1.54) is 48.2 Å². The molecule has 0 saturated heterocycles. The summed E-state index contributed by atoms with van der Waals surface area (Å²) in [6, 6.07) is 10.0. The molecule has 0 heterocycles. The lowest BCUT2D eigenvalue weighted by molar-refractivity contribution is -0.384. The van der Waals surface area contributed by atoms with Crippen LogP contribution in [0.15, 0.2) is 48.5 Å². The van der Waals surface area contributed by atoms with Gasteiger partial charge >= 0.3 is 0 Å². The number of para-hydroxylation sites is 1. The van der Waals surface area contributed by atoms with Gasteiger partial charge in [0.15, 0.2) is 0 Å². The number of amides is 2. The summed E-state index contributed by atoms with van der Waals surface area (Å²) >= 11 is 1.49. The van der Waals surface area contributed by atoms with Gasteiger partial charge in [0.25, 0.3) is 11.6 Å². The Balaban J connectivity index is 2.14. The quantitative estimate of drug-likeness (QED) is 0.531. The Morgan fingerprint density at radius 1 is 1.22 bits per heavy atom. The van der Waals surface area contributed by atoms with Gasteiger partial charge < -0.3 is 10.6 Å². The average Bonchev–Trinajstić information content (AvgIpc) is 2.66. The van der Waals surface area contributed by atoms with E-state index in [4.69, 9.17) is 0 Å². The predicted molar refractivity (Wildman–Crippen MR) is 102 cm³/mol. The van der Waals surface area contributed by atoms with E-state index in [1.807, 2.05) is 6.26 Å². The smallest absolute Gasteiger partial charge is 0.270 e. The molecule has 1 atom stereocenters. The van der Waals surface area contributed by atoms with Crippen molar-refractivity contribution < 1.29 is 18.9 Å². The second kappa shape index (κ2) is 9.67. The summed E-state index contributed by atoms with van der Waals surface area (Å²) in [7, 11) is 0. The first-order chi connectivity index (χ1) is 12.9. The Hall–Kier alpha value is -2.94. The molecular formula is C18H18FN3O4S. The summed E-state index contributed by atoms with van der Waals surface area (Å²) in [4.78, 5) is 35.2. The first-order valence-electron chi connectivity index (χ1n) is 8.02. The van der Waals surface area contributed by atoms with Crippen LogP contribution in [0.1, 0.15) is 16.8 Å². The number of non-ortho nitro benzene ring substituents is 1. The molecule has 1 unspecified atom stereocenters. The van der Waals surface area contributed by atoms with Crippen LogP contribution in [0.2, 0.25) is 0 Å². The highest BCUT2D eigenvalue weighted by molar-refractivity contribution is 7.98. The minimum atomic E-state index is -0.913. The summed E-state index contributed by atoms with van der Waals surface area (Å²) in [5.74, 6) is -1.18. The summed E-state index contributed by atoms with van der Waals surface area (Å²) in [6.45, 7) is 0. The lowest BCUT2D eigenvalue weighted by atomic mass is 10.1. The highest BCUT2D eigenvalue weighted by atomic mass is 32.2. The van der Waals surface area contributed by atoms with Crippen molar-refractivity contribution in [1.29, 1.82) is 0 Å². The van der Waals surface area contributed by atoms with E-state index in [-0.39, 0.29) is 16.9 Å². The molecule has 0 aliphatic carbocycles. The minimum absolute atomic E-state index is 0.0150. The Labute approximate surface area is 159 Å². The SMILES string of the molecule is CSCCC(NC(=O)c1cccc([N+](=O)[O-])c1)C(=O)Nc1ccccc1F. The van der Waals surface area contributed by atoms with Crippen LogP contribution in [-0.2, 0) is 4.79 Å². The molecule has 2 aromatic rings. The van der Waals surface area contributed by atoms with E-state index in [2.05, 4.69) is 10.6 Å². The second-order valence-corrected chi connectivity index (χ2v) is 6.57. The number of nitro groups is 1. The first-order valence-corrected chi connectivity index (χ1v) is 9.41. The second-order valence-electron chi connectivity index (χ2n) is 5.58. The molecule has 9 heteroatoms. The van der Waals surface area contributed by atoms with Crippen molar-refractivity contribution in [3.8, 4) is 0 Å². The maximum atomic E-state index is 13.7. The molecular weight excluding hydrogens is 373 g/mol. The molecule has 0 aromatic heterocycles. The Bertz CT molecular complexity index is 847. The topological polar surface area (TPSA) is 101 Å². The maximum Gasteiger partial charge on any atom is 0.270 e. The number of rotatable bonds is 8. The predicted octanol–water partition coefficient (Wildman–Crippen LogP) is 3.22. The summed E-state index contributed by atoms with van der Waals surface area (Å²) in [5, 5.41) is 15.9. The van der Waals surface area contributed by atoms with E-state index in [1.54, 1.807) is 6.07 Å². The van der Waals surface area contributed by atoms with Crippen LogP contribution < -0.4 is 10.6 Å². The minimum Gasteiger partial charge on any atom is -0.340 e. The highest BCUT2D eigenvalue weighted by Gasteiger charge is 2.23. The first kappa shape index (κ1) is 20.4. The molecule has 2 N–H and O–H groups in total. The Morgan fingerprint density at radius 3 is 2.63 bits per heavy atom. The zero-order valence-corrected chi connectivity index (χ0v) is 15.3. The van der Waals surface area contributed by atoms with Gasteiger partial charge in [0, 0.05) is 17.7 Å². The van der Waals surface area contributed by atoms with Crippen LogP contribution in [0.3, 0.4) is 0 Å². The number of carbonyl (C=O) groups excluding carboxylic acids is 2. The molecule has 142 valence electrons.